The summed E-state index contributed by atoms with van der Waals surface area (Å²) in [5.74, 6) is -0.396. The Bertz CT molecular complexity index is 717. The van der Waals surface area contributed by atoms with E-state index in [1.54, 1.807) is 11.4 Å². The van der Waals surface area contributed by atoms with Gasteiger partial charge in [0.05, 0.1) is 6.54 Å². The van der Waals surface area contributed by atoms with Gasteiger partial charge in [0.1, 0.15) is 4.21 Å². The number of carbonyl (C=O) groups is 1. The van der Waals surface area contributed by atoms with E-state index in [0.29, 0.717) is 0 Å². The molecule has 0 radical (unpaired) electrons. The number of benzene rings is 1. The van der Waals surface area contributed by atoms with Crippen LogP contribution in [0.3, 0.4) is 0 Å². The van der Waals surface area contributed by atoms with Crippen LogP contribution in [-0.4, -0.2) is 20.9 Å². The van der Waals surface area contributed by atoms with Crippen molar-refractivity contribution in [2.75, 3.05) is 11.9 Å². The lowest BCUT2D eigenvalue weighted by atomic mass is 10.1. The molecule has 0 saturated heterocycles. The molecule has 21 heavy (non-hydrogen) atoms. The minimum absolute atomic E-state index is 0.197. The van der Waals surface area contributed by atoms with Crippen LogP contribution < -0.4 is 10.0 Å². The zero-order valence-electron chi connectivity index (χ0n) is 11.7. The van der Waals surface area contributed by atoms with Gasteiger partial charge in [-0.15, -0.1) is 11.3 Å². The molecule has 5 nitrogen and oxygen atoms in total. The molecule has 2 aromatic rings. The quantitative estimate of drug-likeness (QED) is 0.886. The van der Waals surface area contributed by atoms with Crippen LogP contribution >= 0.6 is 11.3 Å². The van der Waals surface area contributed by atoms with Crippen LogP contribution in [0.2, 0.25) is 0 Å². The van der Waals surface area contributed by atoms with Crippen molar-refractivity contribution in [2.24, 2.45) is 0 Å². The third-order valence-corrected chi connectivity index (χ3v) is 5.73. The number of hydrogen-bond acceptors (Lipinski definition) is 4. The minimum atomic E-state index is -3.62. The van der Waals surface area contributed by atoms with E-state index in [-0.39, 0.29) is 10.8 Å². The van der Waals surface area contributed by atoms with Gasteiger partial charge in [0.25, 0.3) is 10.0 Å². The molecular weight excluding hydrogens is 308 g/mol. The fourth-order valence-corrected chi connectivity index (χ4v) is 3.86. The summed E-state index contributed by atoms with van der Waals surface area (Å²) < 4.78 is 26.3. The van der Waals surface area contributed by atoms with E-state index in [1.807, 2.05) is 32.0 Å². The number of thiophene rings is 1. The van der Waals surface area contributed by atoms with E-state index in [4.69, 9.17) is 0 Å². The first-order valence-electron chi connectivity index (χ1n) is 6.29. The second-order valence-electron chi connectivity index (χ2n) is 4.57. The molecule has 0 aliphatic heterocycles. The number of anilines is 1. The van der Waals surface area contributed by atoms with Crippen molar-refractivity contribution < 1.29 is 13.2 Å². The normalized spacial score (nSPS) is 11.3. The summed E-state index contributed by atoms with van der Waals surface area (Å²) in [5.41, 5.74) is 2.59. The zero-order valence-corrected chi connectivity index (χ0v) is 13.3. The lowest BCUT2D eigenvalue weighted by Gasteiger charge is -2.11. The molecule has 1 amide bonds. The highest BCUT2D eigenvalue weighted by Gasteiger charge is 2.16. The molecule has 1 aromatic carbocycles. The zero-order chi connectivity index (χ0) is 15.5. The minimum Gasteiger partial charge on any atom is -0.324 e. The van der Waals surface area contributed by atoms with E-state index in [2.05, 4.69) is 10.0 Å². The Morgan fingerprint density at radius 1 is 1.14 bits per heavy atom. The Morgan fingerprint density at radius 2 is 1.81 bits per heavy atom. The number of nitrogens with one attached hydrogen (secondary N) is 2. The topological polar surface area (TPSA) is 75.3 Å². The molecule has 1 heterocycles. The van der Waals surface area contributed by atoms with Crippen molar-refractivity contribution in [3.05, 3.63) is 46.8 Å². The number of rotatable bonds is 5. The summed E-state index contributed by atoms with van der Waals surface area (Å²) >= 11 is 1.11. The Labute approximate surface area is 128 Å². The van der Waals surface area contributed by atoms with E-state index >= 15 is 0 Å². The molecule has 0 spiro atoms. The van der Waals surface area contributed by atoms with Crippen LogP contribution in [-0.2, 0) is 14.8 Å². The maximum Gasteiger partial charge on any atom is 0.250 e. The monoisotopic (exact) mass is 324 g/mol. The first kappa shape index (κ1) is 15.7. The van der Waals surface area contributed by atoms with Crippen molar-refractivity contribution in [3.8, 4) is 0 Å². The Balaban J connectivity index is 2.00. The molecule has 0 saturated carbocycles. The predicted molar refractivity (Wildman–Crippen MR) is 84.1 cm³/mol. The van der Waals surface area contributed by atoms with E-state index in [9.17, 15) is 13.2 Å². The summed E-state index contributed by atoms with van der Waals surface area (Å²) in [4.78, 5) is 11.9. The molecule has 0 fully saturated rings. The van der Waals surface area contributed by atoms with Crippen LogP contribution in [0, 0.1) is 13.8 Å². The first-order valence-corrected chi connectivity index (χ1v) is 8.65. The van der Waals surface area contributed by atoms with Crippen molar-refractivity contribution in [2.45, 2.75) is 18.1 Å². The number of amides is 1. The van der Waals surface area contributed by atoms with Gasteiger partial charge in [0.15, 0.2) is 0 Å². The van der Waals surface area contributed by atoms with E-state index in [0.717, 1.165) is 28.2 Å². The van der Waals surface area contributed by atoms with Crippen molar-refractivity contribution in [3.63, 3.8) is 0 Å². The van der Waals surface area contributed by atoms with Gasteiger partial charge in [0, 0.05) is 5.69 Å². The lowest BCUT2D eigenvalue weighted by molar-refractivity contribution is -0.115. The van der Waals surface area contributed by atoms with Crippen LogP contribution in [0.1, 0.15) is 11.1 Å². The molecule has 0 aliphatic rings. The summed E-state index contributed by atoms with van der Waals surface area (Å²) in [6.45, 7) is 3.48. The predicted octanol–water partition coefficient (Wildman–Crippen LogP) is 2.28. The van der Waals surface area contributed by atoms with Crippen LogP contribution in [0.25, 0.3) is 0 Å². The highest BCUT2D eigenvalue weighted by atomic mass is 32.2. The third kappa shape index (κ3) is 3.90. The number of para-hydroxylation sites is 1. The van der Waals surface area contributed by atoms with Gasteiger partial charge in [-0.25, -0.2) is 13.1 Å². The van der Waals surface area contributed by atoms with Gasteiger partial charge < -0.3 is 5.32 Å². The summed E-state index contributed by atoms with van der Waals surface area (Å²) in [6.07, 6.45) is 0. The second kappa shape index (κ2) is 6.38. The number of aryl methyl sites for hydroxylation is 2. The van der Waals surface area contributed by atoms with Gasteiger partial charge in [-0.3, -0.25) is 4.79 Å². The van der Waals surface area contributed by atoms with Crippen molar-refractivity contribution >= 4 is 33.0 Å². The molecule has 0 atom stereocenters. The smallest absolute Gasteiger partial charge is 0.250 e. The third-order valence-electron chi connectivity index (χ3n) is 2.93. The van der Waals surface area contributed by atoms with Crippen LogP contribution in [0.5, 0.6) is 0 Å². The van der Waals surface area contributed by atoms with Gasteiger partial charge in [-0.05, 0) is 36.4 Å². The standard InChI is InChI=1S/C14H16N2O3S2/c1-10-5-3-6-11(2)14(10)16-12(17)9-15-21(18,19)13-7-4-8-20-13/h3-8,15H,9H2,1-2H3,(H,16,17). The molecule has 1 aromatic heterocycles. The molecule has 112 valence electrons. The fraction of sp³-hybridized carbons (Fsp3) is 0.214. The molecule has 2 N–H and O–H groups in total. The van der Waals surface area contributed by atoms with Gasteiger partial charge in [-0.1, -0.05) is 24.3 Å². The highest BCUT2D eigenvalue weighted by Crippen LogP contribution is 2.19. The van der Waals surface area contributed by atoms with Crippen molar-refractivity contribution in [1.82, 2.24) is 4.72 Å². The first-order chi connectivity index (χ1) is 9.90. The Hall–Kier alpha value is -1.70. The molecule has 2 rings (SSSR count). The molecule has 0 unspecified atom stereocenters. The Morgan fingerprint density at radius 3 is 2.38 bits per heavy atom. The van der Waals surface area contributed by atoms with Crippen LogP contribution in [0.15, 0.2) is 39.9 Å². The maximum absolute atomic E-state index is 11.9. The maximum atomic E-state index is 11.9. The summed E-state index contributed by atoms with van der Waals surface area (Å²) in [6, 6.07) is 8.82. The number of sulfonamides is 1. The molecular formula is C14H16N2O3S2. The summed E-state index contributed by atoms with van der Waals surface area (Å²) in [5, 5.41) is 4.41. The number of carbonyl (C=O) groups excluding carboxylic acids is 1. The van der Waals surface area contributed by atoms with E-state index in [1.165, 1.54) is 6.07 Å². The number of hydrogen-bond donors (Lipinski definition) is 2. The lowest BCUT2D eigenvalue weighted by Crippen LogP contribution is -2.32. The van der Waals surface area contributed by atoms with Gasteiger partial charge in [0.2, 0.25) is 5.91 Å². The van der Waals surface area contributed by atoms with Crippen LogP contribution in [0.4, 0.5) is 5.69 Å². The van der Waals surface area contributed by atoms with Gasteiger partial charge >= 0.3 is 0 Å². The average Bonchev–Trinajstić information content (AvgIpc) is 2.96. The second-order valence-corrected chi connectivity index (χ2v) is 7.51. The molecule has 7 heteroatoms. The SMILES string of the molecule is Cc1cccc(C)c1NC(=O)CNS(=O)(=O)c1cccs1. The van der Waals surface area contributed by atoms with E-state index < -0.39 is 15.9 Å². The highest BCUT2D eigenvalue weighted by molar-refractivity contribution is 7.91. The van der Waals surface area contributed by atoms with Crippen molar-refractivity contribution in [1.29, 1.82) is 0 Å². The Kier molecular flexibility index (Phi) is 4.76. The largest absolute Gasteiger partial charge is 0.324 e. The summed E-state index contributed by atoms with van der Waals surface area (Å²) in [7, 11) is -3.62. The molecule has 0 aliphatic carbocycles. The molecule has 0 bridgehead atoms. The average molecular weight is 324 g/mol. The van der Waals surface area contributed by atoms with Gasteiger partial charge in [-0.2, -0.15) is 0 Å². The fourth-order valence-electron chi connectivity index (χ4n) is 1.84.